The fourth-order valence-corrected chi connectivity index (χ4v) is 1.60. The first-order valence-electron chi connectivity index (χ1n) is 5.21. The Kier molecular flexibility index (Phi) is 3.52. The lowest BCUT2D eigenvalue weighted by molar-refractivity contribution is 1.04. The minimum atomic E-state index is 0.734. The molecule has 2 aromatic rings. The van der Waals surface area contributed by atoms with E-state index in [2.05, 4.69) is 23.3 Å². The lowest BCUT2D eigenvalue weighted by atomic mass is 10.1. The van der Waals surface area contributed by atoms with Crippen LogP contribution in [0.15, 0.2) is 36.7 Å². The van der Waals surface area contributed by atoms with E-state index in [0.717, 1.165) is 28.4 Å². The third kappa shape index (κ3) is 2.58. The van der Waals surface area contributed by atoms with Crippen LogP contribution in [0, 0.1) is 6.42 Å². The second-order valence-corrected chi connectivity index (χ2v) is 3.88. The van der Waals surface area contributed by atoms with Gasteiger partial charge in [0.15, 0.2) is 0 Å². The summed E-state index contributed by atoms with van der Waals surface area (Å²) in [7, 11) is 0. The Morgan fingerprint density at radius 3 is 2.62 bits per heavy atom. The fraction of sp³-hybridized carbons (Fsp3) is 0.154. The zero-order chi connectivity index (χ0) is 11.4. The van der Waals surface area contributed by atoms with Crippen LogP contribution in [0.4, 0.5) is 0 Å². The molecule has 0 unspecified atom stereocenters. The van der Waals surface area contributed by atoms with E-state index >= 15 is 0 Å². The van der Waals surface area contributed by atoms with Crippen LogP contribution in [0.25, 0.3) is 11.3 Å². The highest BCUT2D eigenvalue weighted by molar-refractivity contribution is 6.30. The number of benzene rings is 1. The minimum absolute atomic E-state index is 0.734. The summed E-state index contributed by atoms with van der Waals surface area (Å²) < 4.78 is 0. The molecule has 0 fully saturated rings. The molecule has 1 aromatic heterocycles. The molecule has 0 aliphatic carbocycles. The van der Waals surface area contributed by atoms with Crippen molar-refractivity contribution in [2.75, 3.05) is 0 Å². The molecule has 1 heterocycles. The first-order valence-corrected chi connectivity index (χ1v) is 5.58. The summed E-state index contributed by atoms with van der Waals surface area (Å²) in [6.45, 7) is 2.09. The Morgan fingerprint density at radius 1 is 1.19 bits per heavy atom. The molecule has 0 spiro atoms. The Hall–Kier alpha value is -1.41. The summed E-state index contributed by atoms with van der Waals surface area (Å²) in [6.07, 6.45) is 4.63. The molecule has 0 N–H and O–H groups in total. The molecular formula is C13H12ClN2. The molecule has 0 aliphatic heterocycles. The van der Waals surface area contributed by atoms with E-state index in [1.165, 1.54) is 0 Å². The molecule has 0 bridgehead atoms. The lowest BCUT2D eigenvalue weighted by Crippen LogP contribution is -1.91. The van der Waals surface area contributed by atoms with Crippen LogP contribution in [0.3, 0.4) is 0 Å². The molecular weight excluding hydrogens is 220 g/mol. The fourth-order valence-electron chi connectivity index (χ4n) is 1.47. The van der Waals surface area contributed by atoms with E-state index in [-0.39, 0.29) is 0 Å². The summed E-state index contributed by atoms with van der Waals surface area (Å²) in [5, 5.41) is 0.734. The van der Waals surface area contributed by atoms with E-state index in [0.29, 0.717) is 0 Å². The number of nitrogens with zero attached hydrogens (tertiary/aromatic N) is 2. The van der Waals surface area contributed by atoms with Gasteiger partial charge in [0.25, 0.3) is 0 Å². The molecule has 0 saturated carbocycles. The summed E-state index contributed by atoms with van der Waals surface area (Å²) in [5.74, 6) is 0. The van der Waals surface area contributed by atoms with Gasteiger partial charge in [0.2, 0.25) is 0 Å². The largest absolute Gasteiger partial charge is 0.241 e. The zero-order valence-electron chi connectivity index (χ0n) is 9.02. The van der Waals surface area contributed by atoms with Crippen molar-refractivity contribution < 1.29 is 0 Å². The van der Waals surface area contributed by atoms with Gasteiger partial charge in [-0.05, 0) is 24.6 Å². The van der Waals surface area contributed by atoms with Crippen molar-refractivity contribution in [1.29, 1.82) is 0 Å². The maximum atomic E-state index is 5.84. The summed E-state index contributed by atoms with van der Waals surface area (Å²) in [4.78, 5) is 8.43. The maximum Gasteiger partial charge on any atom is 0.116 e. The number of rotatable bonds is 3. The van der Waals surface area contributed by atoms with Crippen LogP contribution >= 0.6 is 11.6 Å². The minimum Gasteiger partial charge on any atom is -0.241 e. The summed E-state index contributed by atoms with van der Waals surface area (Å²) in [6, 6.07) is 9.62. The first-order chi connectivity index (χ1) is 7.79. The van der Waals surface area contributed by atoms with Crippen molar-refractivity contribution in [2.24, 2.45) is 0 Å². The highest BCUT2D eigenvalue weighted by Gasteiger charge is 2.01. The third-order valence-electron chi connectivity index (χ3n) is 2.24. The van der Waals surface area contributed by atoms with Gasteiger partial charge in [0, 0.05) is 22.7 Å². The summed E-state index contributed by atoms with van der Waals surface area (Å²) in [5.41, 5.74) is 2.94. The molecule has 0 aliphatic rings. The highest BCUT2D eigenvalue weighted by Crippen LogP contribution is 2.20. The molecule has 16 heavy (non-hydrogen) atoms. The molecule has 1 aromatic carbocycles. The topological polar surface area (TPSA) is 25.8 Å². The van der Waals surface area contributed by atoms with Gasteiger partial charge in [-0.1, -0.05) is 30.7 Å². The van der Waals surface area contributed by atoms with Gasteiger partial charge in [-0.3, -0.25) is 0 Å². The van der Waals surface area contributed by atoms with E-state index in [1.54, 1.807) is 6.33 Å². The van der Waals surface area contributed by atoms with E-state index in [9.17, 15) is 0 Å². The van der Waals surface area contributed by atoms with Crippen LogP contribution in [-0.4, -0.2) is 9.97 Å². The van der Waals surface area contributed by atoms with E-state index in [1.807, 2.05) is 30.3 Å². The predicted molar refractivity (Wildman–Crippen MR) is 66.2 cm³/mol. The van der Waals surface area contributed by atoms with Gasteiger partial charge in [-0.15, -0.1) is 0 Å². The van der Waals surface area contributed by atoms with Gasteiger partial charge < -0.3 is 0 Å². The molecule has 1 radical (unpaired) electrons. The Bertz CT molecular complexity index is 466. The molecule has 81 valence electrons. The normalized spacial score (nSPS) is 10.4. The number of hydrogen-bond acceptors (Lipinski definition) is 2. The van der Waals surface area contributed by atoms with Crippen molar-refractivity contribution in [3.8, 4) is 11.3 Å². The van der Waals surface area contributed by atoms with Crippen molar-refractivity contribution in [1.82, 2.24) is 9.97 Å². The Balaban J connectivity index is 2.32. The van der Waals surface area contributed by atoms with Crippen LogP contribution in [0.5, 0.6) is 0 Å². The Morgan fingerprint density at radius 2 is 1.94 bits per heavy atom. The van der Waals surface area contributed by atoms with Crippen LogP contribution < -0.4 is 0 Å². The number of halogens is 1. The predicted octanol–water partition coefficient (Wildman–Crippen LogP) is 3.76. The van der Waals surface area contributed by atoms with Gasteiger partial charge in [-0.2, -0.15) is 0 Å². The maximum absolute atomic E-state index is 5.84. The van der Waals surface area contributed by atoms with Crippen LogP contribution in [-0.2, 0) is 0 Å². The quantitative estimate of drug-likeness (QED) is 0.804. The highest BCUT2D eigenvalue weighted by atomic mass is 35.5. The van der Waals surface area contributed by atoms with E-state index in [4.69, 9.17) is 11.6 Å². The molecule has 3 heteroatoms. The standard InChI is InChI=1S/C13H12ClN2/c1-2-3-12-8-13(16-9-15-12)10-4-6-11(14)7-5-10/h3-9H,2H2,1H3. The van der Waals surface area contributed by atoms with Gasteiger partial charge in [0.1, 0.15) is 6.33 Å². The number of aromatic nitrogens is 2. The van der Waals surface area contributed by atoms with Crippen molar-refractivity contribution in [3.63, 3.8) is 0 Å². The SMILES string of the molecule is CC[CH]c1cc(-c2ccc(Cl)cc2)ncn1. The average Bonchev–Trinajstić information content (AvgIpc) is 2.31. The third-order valence-corrected chi connectivity index (χ3v) is 2.49. The van der Waals surface area contributed by atoms with Gasteiger partial charge >= 0.3 is 0 Å². The van der Waals surface area contributed by atoms with Crippen molar-refractivity contribution in [2.45, 2.75) is 13.3 Å². The van der Waals surface area contributed by atoms with Gasteiger partial charge in [-0.25, -0.2) is 9.97 Å². The van der Waals surface area contributed by atoms with Crippen molar-refractivity contribution in [3.05, 3.63) is 53.8 Å². The zero-order valence-corrected chi connectivity index (χ0v) is 9.78. The second-order valence-electron chi connectivity index (χ2n) is 3.45. The Labute approximate surface area is 100 Å². The molecule has 2 nitrogen and oxygen atoms in total. The molecule has 0 amide bonds. The van der Waals surface area contributed by atoms with Crippen LogP contribution in [0.1, 0.15) is 19.0 Å². The first kappa shape index (κ1) is 11.1. The number of hydrogen-bond donors (Lipinski definition) is 0. The average molecular weight is 232 g/mol. The smallest absolute Gasteiger partial charge is 0.116 e. The molecule has 0 atom stereocenters. The van der Waals surface area contributed by atoms with Gasteiger partial charge in [0.05, 0.1) is 5.69 Å². The summed E-state index contributed by atoms with van der Waals surface area (Å²) >= 11 is 5.84. The monoisotopic (exact) mass is 231 g/mol. The van der Waals surface area contributed by atoms with Crippen LogP contribution in [0.2, 0.25) is 5.02 Å². The lowest BCUT2D eigenvalue weighted by Gasteiger charge is -2.02. The second kappa shape index (κ2) is 5.08. The van der Waals surface area contributed by atoms with E-state index < -0.39 is 0 Å². The molecule has 2 rings (SSSR count). The molecule has 0 saturated heterocycles. The van der Waals surface area contributed by atoms with Crippen molar-refractivity contribution >= 4 is 11.6 Å².